The number of para-hydroxylation sites is 1. The van der Waals surface area contributed by atoms with Crippen LogP contribution < -0.4 is 15.8 Å². The van der Waals surface area contributed by atoms with Gasteiger partial charge in [-0.2, -0.15) is 0 Å². The number of nitrogens with two attached hydrogens (primary N) is 1. The first-order chi connectivity index (χ1) is 8.24. The second-order valence-corrected chi connectivity index (χ2v) is 3.52. The van der Waals surface area contributed by atoms with Crippen molar-refractivity contribution in [2.75, 3.05) is 19.7 Å². The van der Waals surface area contributed by atoms with Crippen molar-refractivity contribution in [2.45, 2.75) is 12.8 Å². The zero-order valence-corrected chi connectivity index (χ0v) is 9.62. The molecule has 1 aromatic rings. The van der Waals surface area contributed by atoms with Gasteiger partial charge in [0.2, 0.25) is 5.91 Å². The third-order valence-electron chi connectivity index (χ3n) is 2.13. The van der Waals surface area contributed by atoms with Crippen LogP contribution in [0.4, 0.5) is 4.39 Å². The number of ether oxygens (including phenoxy) is 1. The fourth-order valence-corrected chi connectivity index (χ4v) is 1.26. The zero-order chi connectivity index (χ0) is 12.5. The van der Waals surface area contributed by atoms with Crippen molar-refractivity contribution in [3.05, 3.63) is 30.1 Å². The van der Waals surface area contributed by atoms with Gasteiger partial charge in [0.05, 0.1) is 6.54 Å². The van der Waals surface area contributed by atoms with E-state index < -0.39 is 5.82 Å². The molecule has 0 saturated heterocycles. The maximum absolute atomic E-state index is 13.1. The molecule has 0 unspecified atom stereocenters. The maximum atomic E-state index is 13.1. The lowest BCUT2D eigenvalue weighted by atomic mass is 10.3. The lowest BCUT2D eigenvalue weighted by molar-refractivity contribution is -0.121. The molecule has 5 heteroatoms. The van der Waals surface area contributed by atoms with Crippen molar-refractivity contribution in [3.8, 4) is 5.75 Å². The summed E-state index contributed by atoms with van der Waals surface area (Å²) in [5.41, 5.74) is 5.28. The number of hydrogen-bond acceptors (Lipinski definition) is 3. The summed E-state index contributed by atoms with van der Waals surface area (Å²) in [7, 11) is 0. The molecule has 0 bridgehead atoms. The molecule has 1 amide bonds. The predicted octanol–water partition coefficient (Wildman–Crippen LogP) is 1.06. The molecular formula is C12H17FN2O2. The first-order valence-electron chi connectivity index (χ1n) is 5.58. The van der Waals surface area contributed by atoms with Gasteiger partial charge >= 0.3 is 0 Å². The lowest BCUT2D eigenvalue weighted by Crippen LogP contribution is -2.28. The van der Waals surface area contributed by atoms with Gasteiger partial charge in [-0.25, -0.2) is 4.39 Å². The fourth-order valence-electron chi connectivity index (χ4n) is 1.26. The number of hydrogen-bond donors (Lipinski definition) is 2. The van der Waals surface area contributed by atoms with Crippen LogP contribution in [0.1, 0.15) is 12.8 Å². The summed E-state index contributed by atoms with van der Waals surface area (Å²) in [6.45, 7) is 1.10. The van der Waals surface area contributed by atoms with Crippen molar-refractivity contribution in [3.63, 3.8) is 0 Å². The maximum Gasteiger partial charge on any atom is 0.220 e. The van der Waals surface area contributed by atoms with Crippen molar-refractivity contribution in [1.82, 2.24) is 5.32 Å². The number of nitrogens with one attached hydrogen (secondary N) is 1. The van der Waals surface area contributed by atoms with E-state index in [2.05, 4.69) is 5.32 Å². The molecule has 0 saturated carbocycles. The fraction of sp³-hybridized carbons (Fsp3) is 0.417. The van der Waals surface area contributed by atoms with Crippen molar-refractivity contribution >= 4 is 5.91 Å². The summed E-state index contributed by atoms with van der Waals surface area (Å²) in [5.74, 6) is -0.266. The van der Waals surface area contributed by atoms with Crippen LogP contribution in [-0.2, 0) is 4.79 Å². The molecule has 0 atom stereocenters. The van der Waals surface area contributed by atoms with E-state index in [9.17, 15) is 9.18 Å². The molecule has 1 aromatic carbocycles. The van der Waals surface area contributed by atoms with E-state index in [1.54, 1.807) is 18.2 Å². The second kappa shape index (κ2) is 7.62. The van der Waals surface area contributed by atoms with Crippen LogP contribution in [-0.4, -0.2) is 25.6 Å². The van der Waals surface area contributed by atoms with E-state index in [4.69, 9.17) is 10.5 Å². The van der Waals surface area contributed by atoms with E-state index in [1.807, 2.05) is 0 Å². The first kappa shape index (κ1) is 13.4. The minimum absolute atomic E-state index is 0.0624. The molecule has 0 heterocycles. The molecule has 0 fully saturated rings. The highest BCUT2D eigenvalue weighted by Crippen LogP contribution is 2.14. The molecule has 1 rings (SSSR count). The zero-order valence-electron chi connectivity index (χ0n) is 9.62. The van der Waals surface area contributed by atoms with E-state index in [1.165, 1.54) is 6.07 Å². The highest BCUT2D eigenvalue weighted by Gasteiger charge is 2.02. The highest BCUT2D eigenvalue weighted by atomic mass is 19.1. The molecule has 17 heavy (non-hydrogen) atoms. The van der Waals surface area contributed by atoms with Gasteiger partial charge in [-0.15, -0.1) is 0 Å². The minimum atomic E-state index is -0.401. The SMILES string of the molecule is NCCCC(=O)NCCOc1ccccc1F. The van der Waals surface area contributed by atoms with Gasteiger partial charge in [-0.05, 0) is 25.1 Å². The third kappa shape index (κ3) is 5.31. The van der Waals surface area contributed by atoms with Crippen molar-refractivity contribution in [2.24, 2.45) is 5.73 Å². The van der Waals surface area contributed by atoms with Crippen LogP contribution in [0.5, 0.6) is 5.75 Å². The summed E-state index contributed by atoms with van der Waals surface area (Å²) in [6.07, 6.45) is 1.08. The average Bonchev–Trinajstić information content (AvgIpc) is 2.34. The van der Waals surface area contributed by atoms with Crippen LogP contribution in [0.15, 0.2) is 24.3 Å². The molecule has 0 aliphatic carbocycles. The smallest absolute Gasteiger partial charge is 0.220 e. The molecule has 3 N–H and O–H groups in total. The van der Waals surface area contributed by atoms with Crippen LogP contribution in [0.2, 0.25) is 0 Å². The summed E-state index contributed by atoms with van der Waals surface area (Å²) < 4.78 is 18.3. The van der Waals surface area contributed by atoms with E-state index in [-0.39, 0.29) is 18.3 Å². The molecule has 0 aromatic heterocycles. The standard InChI is InChI=1S/C12H17FN2O2/c13-10-4-1-2-5-11(10)17-9-8-15-12(16)6-3-7-14/h1-2,4-5H,3,6-9,14H2,(H,15,16). The quantitative estimate of drug-likeness (QED) is 0.700. The van der Waals surface area contributed by atoms with Crippen LogP contribution in [0.25, 0.3) is 0 Å². The van der Waals surface area contributed by atoms with E-state index in [0.29, 0.717) is 25.9 Å². The van der Waals surface area contributed by atoms with Crippen molar-refractivity contribution < 1.29 is 13.9 Å². The largest absolute Gasteiger partial charge is 0.489 e. The molecule has 0 spiro atoms. The molecule has 0 aliphatic rings. The summed E-state index contributed by atoms with van der Waals surface area (Å²) in [6, 6.07) is 6.16. The summed E-state index contributed by atoms with van der Waals surface area (Å²) in [5, 5.41) is 2.67. The molecule has 4 nitrogen and oxygen atoms in total. The van der Waals surface area contributed by atoms with E-state index in [0.717, 1.165) is 0 Å². The predicted molar refractivity (Wildman–Crippen MR) is 63.2 cm³/mol. The summed E-state index contributed by atoms with van der Waals surface area (Å²) in [4.78, 5) is 11.2. The number of halogens is 1. The Hall–Kier alpha value is -1.62. The van der Waals surface area contributed by atoms with Crippen LogP contribution in [0.3, 0.4) is 0 Å². The van der Waals surface area contributed by atoms with Crippen LogP contribution in [0, 0.1) is 5.82 Å². The Morgan fingerprint density at radius 1 is 1.41 bits per heavy atom. The Labute approximate surface area is 100.0 Å². The molecule has 0 radical (unpaired) electrons. The number of amides is 1. The Kier molecular flexibility index (Phi) is 6.03. The highest BCUT2D eigenvalue weighted by molar-refractivity contribution is 5.75. The molecule has 94 valence electrons. The molecule has 0 aliphatic heterocycles. The number of carbonyl (C=O) groups is 1. The minimum Gasteiger partial charge on any atom is -0.489 e. The normalized spacial score (nSPS) is 10.0. The third-order valence-corrected chi connectivity index (χ3v) is 2.13. The molecular weight excluding hydrogens is 223 g/mol. The Morgan fingerprint density at radius 3 is 2.88 bits per heavy atom. The Morgan fingerprint density at radius 2 is 2.18 bits per heavy atom. The monoisotopic (exact) mass is 240 g/mol. The topological polar surface area (TPSA) is 64.4 Å². The van der Waals surface area contributed by atoms with Crippen LogP contribution >= 0.6 is 0 Å². The van der Waals surface area contributed by atoms with Gasteiger partial charge < -0.3 is 15.8 Å². The summed E-state index contributed by atoms with van der Waals surface area (Å²) >= 11 is 0. The van der Waals surface area contributed by atoms with Gasteiger partial charge in [0.1, 0.15) is 6.61 Å². The van der Waals surface area contributed by atoms with Gasteiger partial charge in [0.25, 0.3) is 0 Å². The second-order valence-electron chi connectivity index (χ2n) is 3.52. The van der Waals surface area contributed by atoms with Gasteiger partial charge in [-0.1, -0.05) is 12.1 Å². The first-order valence-corrected chi connectivity index (χ1v) is 5.58. The lowest BCUT2D eigenvalue weighted by Gasteiger charge is -2.08. The van der Waals surface area contributed by atoms with E-state index >= 15 is 0 Å². The number of carbonyl (C=O) groups excluding carboxylic acids is 1. The number of rotatable bonds is 7. The van der Waals surface area contributed by atoms with Gasteiger partial charge in [0.15, 0.2) is 11.6 Å². The number of benzene rings is 1. The Bertz CT molecular complexity index is 358. The van der Waals surface area contributed by atoms with Gasteiger partial charge in [0, 0.05) is 6.42 Å². The average molecular weight is 240 g/mol. The Balaban J connectivity index is 2.16. The van der Waals surface area contributed by atoms with Gasteiger partial charge in [-0.3, -0.25) is 4.79 Å². The van der Waals surface area contributed by atoms with Crippen molar-refractivity contribution in [1.29, 1.82) is 0 Å².